The lowest BCUT2D eigenvalue weighted by Crippen LogP contribution is -2.27. The molecule has 1 amide bonds. The van der Waals surface area contributed by atoms with Crippen molar-refractivity contribution in [1.29, 1.82) is 0 Å². The first-order chi connectivity index (χ1) is 11.7. The first kappa shape index (κ1) is 19.2. The molecule has 0 saturated heterocycles. The molecule has 0 fully saturated rings. The summed E-state index contributed by atoms with van der Waals surface area (Å²) < 4.78 is 40.3. The van der Waals surface area contributed by atoms with Gasteiger partial charge in [0, 0.05) is 17.8 Å². The Labute approximate surface area is 151 Å². The highest BCUT2D eigenvalue weighted by atomic mass is 35.5. The van der Waals surface area contributed by atoms with Gasteiger partial charge >= 0.3 is 0 Å². The largest absolute Gasteiger partial charge is 0.352 e. The van der Waals surface area contributed by atoms with E-state index in [0.717, 1.165) is 12.1 Å². The van der Waals surface area contributed by atoms with Crippen LogP contribution in [0.3, 0.4) is 0 Å². The van der Waals surface area contributed by atoms with Gasteiger partial charge in [0.15, 0.2) is 0 Å². The highest BCUT2D eigenvalue weighted by Gasteiger charge is 2.20. The molecule has 5 nitrogen and oxygen atoms in total. The number of hydrogen-bond acceptors (Lipinski definition) is 3. The third kappa shape index (κ3) is 5.17. The van der Waals surface area contributed by atoms with Crippen molar-refractivity contribution in [2.24, 2.45) is 5.92 Å². The molecule has 0 heterocycles. The Morgan fingerprint density at radius 1 is 1.16 bits per heavy atom. The normalized spacial score (nSPS) is 11.4. The second-order valence-electron chi connectivity index (χ2n) is 5.86. The quantitative estimate of drug-likeness (QED) is 0.797. The lowest BCUT2D eigenvalue weighted by atomic mass is 10.2. The van der Waals surface area contributed by atoms with Crippen LogP contribution >= 0.6 is 11.6 Å². The summed E-state index contributed by atoms with van der Waals surface area (Å²) >= 11 is 5.99. The summed E-state index contributed by atoms with van der Waals surface area (Å²) in [5, 5.41) is 2.70. The van der Waals surface area contributed by atoms with Gasteiger partial charge in [-0.25, -0.2) is 12.8 Å². The molecule has 0 spiro atoms. The molecule has 0 aliphatic heterocycles. The smallest absolute Gasteiger partial charge is 0.263 e. The van der Waals surface area contributed by atoms with E-state index in [0.29, 0.717) is 6.54 Å². The average Bonchev–Trinajstić information content (AvgIpc) is 2.54. The van der Waals surface area contributed by atoms with Crippen LogP contribution in [0.5, 0.6) is 0 Å². The van der Waals surface area contributed by atoms with E-state index in [9.17, 15) is 17.6 Å². The van der Waals surface area contributed by atoms with Crippen LogP contribution in [0.15, 0.2) is 47.4 Å². The number of nitrogens with one attached hydrogen (secondary N) is 2. The van der Waals surface area contributed by atoms with Crippen LogP contribution in [0.1, 0.15) is 24.2 Å². The predicted octanol–water partition coefficient (Wildman–Crippen LogP) is 3.67. The third-order valence-electron chi connectivity index (χ3n) is 3.25. The standard InChI is InChI=1S/C17H18ClFN2O3S/c1-11(2)10-20-17(22)12-3-8-15(18)16(9-12)25(23,24)21-14-6-4-13(19)5-7-14/h3-9,11,21H,10H2,1-2H3,(H,20,22). The van der Waals surface area contributed by atoms with Crippen molar-refractivity contribution in [3.8, 4) is 0 Å². The minimum Gasteiger partial charge on any atom is -0.352 e. The van der Waals surface area contributed by atoms with Crippen LogP contribution in [0.4, 0.5) is 10.1 Å². The van der Waals surface area contributed by atoms with Crippen LogP contribution in [-0.4, -0.2) is 20.9 Å². The summed E-state index contributed by atoms with van der Waals surface area (Å²) in [6.45, 7) is 4.37. The lowest BCUT2D eigenvalue weighted by Gasteiger charge is -2.12. The molecule has 0 aliphatic rings. The van der Waals surface area contributed by atoms with Gasteiger partial charge < -0.3 is 5.32 Å². The zero-order valence-electron chi connectivity index (χ0n) is 13.7. The summed E-state index contributed by atoms with van der Waals surface area (Å²) in [7, 11) is -4.03. The monoisotopic (exact) mass is 384 g/mol. The maximum absolute atomic E-state index is 12.9. The number of carbonyl (C=O) groups excluding carboxylic acids is 1. The van der Waals surface area contributed by atoms with Crippen LogP contribution in [-0.2, 0) is 10.0 Å². The predicted molar refractivity (Wildman–Crippen MR) is 95.8 cm³/mol. The molecule has 0 aliphatic carbocycles. The van der Waals surface area contributed by atoms with Gasteiger partial charge in [-0.15, -0.1) is 0 Å². The second-order valence-corrected chi connectivity index (χ2v) is 7.92. The molecule has 134 valence electrons. The van der Waals surface area contributed by atoms with Gasteiger partial charge in [0.1, 0.15) is 10.7 Å². The molecule has 0 atom stereocenters. The Morgan fingerprint density at radius 3 is 2.40 bits per heavy atom. The van der Waals surface area contributed by atoms with E-state index in [1.165, 1.54) is 30.3 Å². The van der Waals surface area contributed by atoms with Gasteiger partial charge in [0.05, 0.1) is 5.02 Å². The summed E-state index contributed by atoms with van der Waals surface area (Å²) in [4.78, 5) is 11.9. The van der Waals surface area contributed by atoms with E-state index >= 15 is 0 Å². The molecule has 2 aromatic carbocycles. The fourth-order valence-electron chi connectivity index (χ4n) is 1.98. The Kier molecular flexibility index (Phi) is 6.02. The molecule has 0 saturated carbocycles. The van der Waals surface area contributed by atoms with Gasteiger partial charge in [-0.05, 0) is 48.4 Å². The van der Waals surface area contributed by atoms with Gasteiger partial charge in [-0.2, -0.15) is 0 Å². The zero-order valence-corrected chi connectivity index (χ0v) is 15.3. The molecule has 0 aromatic heterocycles. The van der Waals surface area contributed by atoms with Gasteiger partial charge in [-0.3, -0.25) is 9.52 Å². The molecule has 8 heteroatoms. The maximum Gasteiger partial charge on any atom is 0.263 e. The van der Waals surface area contributed by atoms with Crippen LogP contribution in [0.2, 0.25) is 5.02 Å². The minimum absolute atomic E-state index is 0.0185. The number of sulfonamides is 1. The summed E-state index contributed by atoms with van der Waals surface area (Å²) in [5.41, 5.74) is 0.372. The molecule has 0 radical (unpaired) electrons. The number of carbonyl (C=O) groups is 1. The van der Waals surface area contributed by atoms with E-state index in [-0.39, 0.29) is 33.0 Å². The fourth-order valence-corrected chi connectivity index (χ4v) is 3.56. The highest BCUT2D eigenvalue weighted by Crippen LogP contribution is 2.25. The summed E-state index contributed by atoms with van der Waals surface area (Å²) in [6.07, 6.45) is 0. The number of hydrogen-bond donors (Lipinski definition) is 2. The minimum atomic E-state index is -4.03. The Balaban J connectivity index is 2.29. The molecule has 2 aromatic rings. The maximum atomic E-state index is 12.9. The Hall–Kier alpha value is -2.12. The van der Waals surface area contributed by atoms with Crippen molar-refractivity contribution in [3.63, 3.8) is 0 Å². The van der Waals surface area contributed by atoms with Gasteiger partial charge in [0.25, 0.3) is 15.9 Å². The fraction of sp³-hybridized carbons (Fsp3) is 0.235. The van der Waals surface area contributed by atoms with E-state index in [1.54, 1.807) is 0 Å². The number of benzene rings is 2. The Morgan fingerprint density at radius 2 is 1.80 bits per heavy atom. The number of rotatable bonds is 6. The first-order valence-electron chi connectivity index (χ1n) is 7.55. The molecular formula is C17H18ClFN2O3S. The lowest BCUT2D eigenvalue weighted by molar-refractivity contribution is 0.0949. The van der Waals surface area contributed by atoms with Crippen molar-refractivity contribution in [2.45, 2.75) is 18.7 Å². The van der Waals surface area contributed by atoms with Gasteiger partial charge in [0.2, 0.25) is 0 Å². The van der Waals surface area contributed by atoms with Crippen molar-refractivity contribution in [1.82, 2.24) is 5.32 Å². The molecule has 0 unspecified atom stereocenters. The number of anilines is 1. The average molecular weight is 385 g/mol. The van der Waals surface area contributed by atoms with Crippen molar-refractivity contribution < 1.29 is 17.6 Å². The van der Waals surface area contributed by atoms with Crippen LogP contribution in [0, 0.1) is 11.7 Å². The number of halogens is 2. The molecule has 2 rings (SSSR count). The van der Waals surface area contributed by atoms with E-state index in [1.807, 2.05) is 13.8 Å². The van der Waals surface area contributed by atoms with Crippen molar-refractivity contribution >= 4 is 33.2 Å². The van der Waals surface area contributed by atoms with Gasteiger partial charge in [-0.1, -0.05) is 25.4 Å². The van der Waals surface area contributed by atoms with E-state index in [2.05, 4.69) is 10.0 Å². The summed E-state index contributed by atoms with van der Waals surface area (Å²) in [6, 6.07) is 8.87. The van der Waals surface area contributed by atoms with Crippen molar-refractivity contribution in [3.05, 3.63) is 58.9 Å². The first-order valence-corrected chi connectivity index (χ1v) is 9.41. The van der Waals surface area contributed by atoms with Crippen LogP contribution in [0.25, 0.3) is 0 Å². The van der Waals surface area contributed by atoms with E-state index in [4.69, 9.17) is 11.6 Å². The second kappa shape index (κ2) is 7.84. The van der Waals surface area contributed by atoms with Crippen molar-refractivity contribution in [2.75, 3.05) is 11.3 Å². The Bertz CT molecular complexity index is 868. The molecular weight excluding hydrogens is 367 g/mol. The third-order valence-corrected chi connectivity index (χ3v) is 5.11. The zero-order chi connectivity index (χ0) is 18.6. The van der Waals surface area contributed by atoms with E-state index < -0.39 is 15.8 Å². The van der Waals surface area contributed by atoms with Crippen LogP contribution < -0.4 is 10.0 Å². The topological polar surface area (TPSA) is 75.3 Å². The SMILES string of the molecule is CC(C)CNC(=O)c1ccc(Cl)c(S(=O)(=O)Nc2ccc(F)cc2)c1. The molecule has 0 bridgehead atoms. The number of amides is 1. The highest BCUT2D eigenvalue weighted by molar-refractivity contribution is 7.92. The molecule has 25 heavy (non-hydrogen) atoms. The summed E-state index contributed by atoms with van der Waals surface area (Å²) in [5.74, 6) is -0.604. The molecule has 2 N–H and O–H groups in total.